The lowest BCUT2D eigenvalue weighted by Crippen LogP contribution is -2.15. The van der Waals surface area contributed by atoms with E-state index in [4.69, 9.17) is 5.73 Å². The number of rotatable bonds is 3. The van der Waals surface area contributed by atoms with Crippen LogP contribution in [0.2, 0.25) is 0 Å². The van der Waals surface area contributed by atoms with Gasteiger partial charge in [0.25, 0.3) is 10.0 Å². The molecule has 0 radical (unpaired) electrons. The second-order valence-corrected chi connectivity index (χ2v) is 6.51. The Balaban J connectivity index is 1.94. The van der Waals surface area contributed by atoms with E-state index in [1.165, 1.54) is 11.8 Å². The third kappa shape index (κ3) is 2.34. The van der Waals surface area contributed by atoms with Gasteiger partial charge in [0.1, 0.15) is 0 Å². The highest BCUT2D eigenvalue weighted by atomic mass is 32.2. The highest BCUT2D eigenvalue weighted by Gasteiger charge is 2.19. The Bertz CT molecular complexity index is 757. The number of hydrogen-bond donors (Lipinski definition) is 2. The van der Waals surface area contributed by atoms with Crippen molar-refractivity contribution in [3.05, 3.63) is 47.7 Å². The molecule has 0 aliphatic heterocycles. The first-order valence-electron chi connectivity index (χ1n) is 6.41. The Hall–Kier alpha value is -2.08. The van der Waals surface area contributed by atoms with Crippen LogP contribution in [0.15, 0.2) is 41.4 Å². The molecule has 1 aliphatic rings. The Kier molecular flexibility index (Phi) is 3.10. The lowest BCUT2D eigenvalue weighted by molar-refractivity contribution is 0.601. The maximum Gasteiger partial charge on any atom is 0.263 e. The number of hydrogen-bond acceptors (Lipinski definition) is 4. The van der Waals surface area contributed by atoms with Gasteiger partial charge in [-0.15, -0.1) is 0 Å². The Morgan fingerprint density at radius 3 is 2.75 bits per heavy atom. The summed E-state index contributed by atoms with van der Waals surface area (Å²) >= 11 is 0. The maximum atomic E-state index is 12.3. The smallest absolute Gasteiger partial charge is 0.263 e. The minimum atomic E-state index is -3.65. The van der Waals surface area contributed by atoms with Gasteiger partial charge >= 0.3 is 0 Å². The molecule has 0 atom stereocenters. The minimum absolute atomic E-state index is 0.160. The topological polar surface area (TPSA) is 85.1 Å². The van der Waals surface area contributed by atoms with Crippen molar-refractivity contribution in [1.29, 1.82) is 0 Å². The van der Waals surface area contributed by atoms with Crippen molar-refractivity contribution in [3.63, 3.8) is 0 Å². The summed E-state index contributed by atoms with van der Waals surface area (Å²) in [5, 5.41) is 0. The average Bonchev–Trinajstić information content (AvgIpc) is 2.88. The van der Waals surface area contributed by atoms with Gasteiger partial charge in [0.2, 0.25) is 0 Å². The fourth-order valence-corrected chi connectivity index (χ4v) is 3.49. The van der Waals surface area contributed by atoms with Gasteiger partial charge in [0, 0.05) is 6.20 Å². The summed E-state index contributed by atoms with van der Waals surface area (Å²) in [6.07, 6.45) is 4.54. The predicted octanol–water partition coefficient (Wildman–Crippen LogP) is 1.95. The number of pyridine rings is 1. The number of fused-ring (bicyclic) bond motifs is 1. The number of anilines is 2. The molecule has 6 heteroatoms. The molecule has 3 rings (SSSR count). The van der Waals surface area contributed by atoms with Crippen LogP contribution in [0.1, 0.15) is 17.5 Å². The van der Waals surface area contributed by atoms with Gasteiger partial charge in [0.05, 0.1) is 10.6 Å². The van der Waals surface area contributed by atoms with Gasteiger partial charge in [-0.3, -0.25) is 4.72 Å². The standard InChI is InChI=1S/C14H15N3O2S/c15-13-5-2-8-16-14(13)17-20(18,19)12-7-6-10-3-1-4-11(10)9-12/h2,5-9H,1,3-4,15H2,(H,16,17). The molecule has 1 aromatic carbocycles. The minimum Gasteiger partial charge on any atom is -0.396 e. The Morgan fingerprint density at radius 2 is 1.95 bits per heavy atom. The number of nitrogens with two attached hydrogens (primary N) is 1. The highest BCUT2D eigenvalue weighted by molar-refractivity contribution is 7.92. The molecule has 3 N–H and O–H groups in total. The summed E-state index contributed by atoms with van der Waals surface area (Å²) in [5.41, 5.74) is 8.36. The second-order valence-electron chi connectivity index (χ2n) is 4.83. The zero-order valence-electron chi connectivity index (χ0n) is 10.8. The lowest BCUT2D eigenvalue weighted by atomic mass is 10.1. The van der Waals surface area contributed by atoms with Crippen molar-refractivity contribution in [2.24, 2.45) is 0 Å². The van der Waals surface area contributed by atoms with Crippen molar-refractivity contribution in [3.8, 4) is 0 Å². The molecule has 0 fully saturated rings. The lowest BCUT2D eigenvalue weighted by Gasteiger charge is -2.10. The van der Waals surface area contributed by atoms with E-state index < -0.39 is 10.0 Å². The highest BCUT2D eigenvalue weighted by Crippen LogP contribution is 2.26. The third-order valence-electron chi connectivity index (χ3n) is 3.45. The number of aromatic nitrogens is 1. The van der Waals surface area contributed by atoms with Crippen molar-refractivity contribution in [1.82, 2.24) is 4.98 Å². The van der Waals surface area contributed by atoms with Gasteiger partial charge in [-0.25, -0.2) is 13.4 Å². The normalized spacial score (nSPS) is 14.0. The summed E-state index contributed by atoms with van der Waals surface area (Å²) in [6.45, 7) is 0. The van der Waals surface area contributed by atoms with E-state index in [0.717, 1.165) is 24.8 Å². The third-order valence-corrected chi connectivity index (χ3v) is 4.79. The molecule has 1 aliphatic carbocycles. The average molecular weight is 289 g/mol. The Labute approximate surface area is 117 Å². The van der Waals surface area contributed by atoms with Gasteiger partial charge in [-0.05, 0) is 54.7 Å². The molecule has 0 unspecified atom stereocenters. The first-order valence-corrected chi connectivity index (χ1v) is 7.90. The monoisotopic (exact) mass is 289 g/mol. The zero-order valence-corrected chi connectivity index (χ0v) is 11.7. The van der Waals surface area contributed by atoms with Gasteiger partial charge in [-0.2, -0.15) is 0 Å². The zero-order chi connectivity index (χ0) is 14.2. The van der Waals surface area contributed by atoms with Crippen LogP contribution in [0.25, 0.3) is 0 Å². The van der Waals surface area contributed by atoms with E-state index in [-0.39, 0.29) is 10.7 Å². The summed E-state index contributed by atoms with van der Waals surface area (Å²) < 4.78 is 27.1. The van der Waals surface area contributed by atoms with E-state index in [1.807, 2.05) is 6.07 Å². The fraction of sp³-hybridized carbons (Fsp3) is 0.214. The summed E-state index contributed by atoms with van der Waals surface area (Å²) in [6, 6.07) is 8.52. The number of nitrogens with zero attached hydrogens (tertiary/aromatic N) is 1. The number of benzene rings is 1. The summed E-state index contributed by atoms with van der Waals surface area (Å²) in [5.74, 6) is 0.160. The van der Waals surface area contributed by atoms with Crippen molar-refractivity contribution in [2.75, 3.05) is 10.5 Å². The van der Waals surface area contributed by atoms with Crippen LogP contribution in [0.3, 0.4) is 0 Å². The number of nitrogen functional groups attached to an aromatic ring is 1. The predicted molar refractivity (Wildman–Crippen MR) is 77.9 cm³/mol. The molecular formula is C14H15N3O2S. The van der Waals surface area contributed by atoms with Crippen LogP contribution in [0.5, 0.6) is 0 Å². The quantitative estimate of drug-likeness (QED) is 0.904. The van der Waals surface area contributed by atoms with Crippen LogP contribution < -0.4 is 10.5 Å². The fourth-order valence-electron chi connectivity index (χ4n) is 2.40. The molecule has 20 heavy (non-hydrogen) atoms. The molecule has 0 spiro atoms. The Morgan fingerprint density at radius 1 is 1.15 bits per heavy atom. The molecule has 0 bridgehead atoms. The number of sulfonamides is 1. The molecule has 0 saturated carbocycles. The van der Waals surface area contributed by atoms with Crippen molar-refractivity contribution < 1.29 is 8.42 Å². The van der Waals surface area contributed by atoms with E-state index in [0.29, 0.717) is 5.69 Å². The van der Waals surface area contributed by atoms with Crippen LogP contribution in [0.4, 0.5) is 11.5 Å². The molecule has 0 saturated heterocycles. The molecular weight excluding hydrogens is 274 g/mol. The van der Waals surface area contributed by atoms with Gasteiger partial charge < -0.3 is 5.73 Å². The molecule has 0 amide bonds. The summed E-state index contributed by atoms with van der Waals surface area (Å²) in [4.78, 5) is 4.20. The molecule has 5 nitrogen and oxygen atoms in total. The van der Waals surface area contributed by atoms with E-state index in [2.05, 4.69) is 9.71 Å². The number of nitrogens with one attached hydrogen (secondary N) is 1. The first kappa shape index (κ1) is 12.9. The SMILES string of the molecule is Nc1cccnc1NS(=O)(=O)c1ccc2c(c1)CCC2. The summed E-state index contributed by atoms with van der Waals surface area (Å²) in [7, 11) is -3.65. The van der Waals surface area contributed by atoms with E-state index in [1.54, 1.807) is 24.3 Å². The maximum absolute atomic E-state index is 12.3. The van der Waals surface area contributed by atoms with Crippen molar-refractivity contribution >= 4 is 21.5 Å². The molecule has 104 valence electrons. The largest absolute Gasteiger partial charge is 0.396 e. The molecule has 1 aromatic heterocycles. The number of aryl methyl sites for hydroxylation is 2. The van der Waals surface area contributed by atoms with Crippen LogP contribution in [-0.4, -0.2) is 13.4 Å². The first-order chi connectivity index (χ1) is 9.56. The van der Waals surface area contributed by atoms with Crippen LogP contribution >= 0.6 is 0 Å². The van der Waals surface area contributed by atoms with Crippen molar-refractivity contribution in [2.45, 2.75) is 24.2 Å². The van der Waals surface area contributed by atoms with E-state index >= 15 is 0 Å². The van der Waals surface area contributed by atoms with E-state index in [9.17, 15) is 8.42 Å². The van der Waals surface area contributed by atoms with Gasteiger partial charge in [-0.1, -0.05) is 6.07 Å². The molecule has 2 aromatic rings. The second kappa shape index (κ2) is 4.79. The van der Waals surface area contributed by atoms with Crippen LogP contribution in [-0.2, 0) is 22.9 Å². The molecule has 1 heterocycles. The van der Waals surface area contributed by atoms with Crippen LogP contribution in [0, 0.1) is 0 Å². The van der Waals surface area contributed by atoms with Gasteiger partial charge in [0.15, 0.2) is 5.82 Å².